The van der Waals surface area contributed by atoms with Crippen molar-refractivity contribution in [2.75, 3.05) is 25.0 Å². The number of anilines is 1. The smallest absolute Gasteiger partial charge is 0.260 e. The van der Waals surface area contributed by atoms with E-state index >= 15 is 0 Å². The number of carbonyl (C=O) groups is 2. The molecule has 0 aliphatic heterocycles. The molecule has 0 aliphatic carbocycles. The first-order chi connectivity index (χ1) is 11.0. The fourth-order valence-electron chi connectivity index (χ4n) is 2.12. The van der Waals surface area contributed by atoms with Gasteiger partial charge < -0.3 is 15.0 Å². The number of hydrogen-bond acceptors (Lipinski definition) is 3. The van der Waals surface area contributed by atoms with Crippen LogP contribution >= 0.6 is 0 Å². The van der Waals surface area contributed by atoms with Gasteiger partial charge in [-0.1, -0.05) is 19.9 Å². The average Bonchev–Trinajstić information content (AvgIpc) is 2.52. The van der Waals surface area contributed by atoms with Gasteiger partial charge in [0.2, 0.25) is 5.91 Å². The zero-order chi connectivity index (χ0) is 17.2. The van der Waals surface area contributed by atoms with Gasteiger partial charge in [0.25, 0.3) is 5.91 Å². The minimum Gasteiger partial charge on any atom is -0.484 e. The highest BCUT2D eigenvalue weighted by Gasteiger charge is 2.10. The third kappa shape index (κ3) is 7.17. The van der Waals surface area contributed by atoms with E-state index in [-0.39, 0.29) is 18.4 Å². The maximum atomic E-state index is 11.9. The summed E-state index contributed by atoms with van der Waals surface area (Å²) in [6.07, 6.45) is 1.36. The van der Waals surface area contributed by atoms with Crippen LogP contribution in [0.25, 0.3) is 0 Å². The number of hydrogen-bond donors (Lipinski definition) is 1. The molecule has 0 bridgehead atoms. The van der Waals surface area contributed by atoms with E-state index in [4.69, 9.17) is 4.74 Å². The number of benzene rings is 1. The molecule has 0 atom stereocenters. The van der Waals surface area contributed by atoms with E-state index in [0.29, 0.717) is 36.9 Å². The van der Waals surface area contributed by atoms with Crippen LogP contribution in [0.3, 0.4) is 0 Å². The Bertz CT molecular complexity index is 511. The Morgan fingerprint density at radius 3 is 2.52 bits per heavy atom. The molecule has 0 aliphatic rings. The summed E-state index contributed by atoms with van der Waals surface area (Å²) in [5.74, 6) is 1.03. The molecule has 0 fully saturated rings. The molecule has 0 saturated carbocycles. The Labute approximate surface area is 139 Å². The first kappa shape index (κ1) is 19.0. The molecular weight excluding hydrogens is 292 g/mol. The van der Waals surface area contributed by atoms with Crippen molar-refractivity contribution in [3.05, 3.63) is 24.3 Å². The molecule has 0 heterocycles. The van der Waals surface area contributed by atoms with Gasteiger partial charge in [0, 0.05) is 31.3 Å². The van der Waals surface area contributed by atoms with Crippen molar-refractivity contribution in [1.82, 2.24) is 4.90 Å². The highest BCUT2D eigenvalue weighted by atomic mass is 16.5. The number of nitrogens with one attached hydrogen (secondary N) is 1. The summed E-state index contributed by atoms with van der Waals surface area (Å²) in [6, 6.07) is 7.13. The van der Waals surface area contributed by atoms with E-state index in [1.165, 1.54) is 0 Å². The fraction of sp³-hybridized carbons (Fsp3) is 0.556. The van der Waals surface area contributed by atoms with Crippen molar-refractivity contribution in [3.8, 4) is 5.75 Å². The Balaban J connectivity index is 2.53. The number of likely N-dealkylation sites (N-methyl/N-ethyl adjacent to an activating group) is 1. The van der Waals surface area contributed by atoms with E-state index in [1.54, 1.807) is 23.1 Å². The zero-order valence-corrected chi connectivity index (χ0v) is 14.6. The van der Waals surface area contributed by atoms with Gasteiger partial charge in [0.15, 0.2) is 6.61 Å². The van der Waals surface area contributed by atoms with Crippen LogP contribution in [0.2, 0.25) is 0 Å². The van der Waals surface area contributed by atoms with E-state index < -0.39 is 0 Å². The second-order valence-corrected chi connectivity index (χ2v) is 5.86. The van der Waals surface area contributed by atoms with E-state index in [9.17, 15) is 9.59 Å². The molecule has 5 heteroatoms. The summed E-state index contributed by atoms with van der Waals surface area (Å²) in [4.78, 5) is 25.5. The quantitative estimate of drug-likeness (QED) is 0.759. The summed E-state index contributed by atoms with van der Waals surface area (Å²) in [6.45, 7) is 9.41. The summed E-state index contributed by atoms with van der Waals surface area (Å²) >= 11 is 0. The van der Waals surface area contributed by atoms with E-state index in [2.05, 4.69) is 19.2 Å². The average molecular weight is 320 g/mol. The molecule has 0 radical (unpaired) electrons. The zero-order valence-electron chi connectivity index (χ0n) is 14.6. The molecule has 0 unspecified atom stereocenters. The van der Waals surface area contributed by atoms with Crippen LogP contribution in [-0.4, -0.2) is 36.4 Å². The second-order valence-electron chi connectivity index (χ2n) is 5.86. The molecular formula is C18H28N2O3. The predicted molar refractivity (Wildman–Crippen MR) is 92.6 cm³/mol. The van der Waals surface area contributed by atoms with Gasteiger partial charge in [-0.2, -0.15) is 0 Å². The lowest BCUT2D eigenvalue weighted by Crippen LogP contribution is -2.34. The van der Waals surface area contributed by atoms with Crippen LogP contribution in [0.15, 0.2) is 24.3 Å². The lowest BCUT2D eigenvalue weighted by molar-refractivity contribution is -0.133. The lowest BCUT2D eigenvalue weighted by atomic mass is 10.1. The Morgan fingerprint density at radius 1 is 1.22 bits per heavy atom. The van der Waals surface area contributed by atoms with Gasteiger partial charge in [-0.3, -0.25) is 9.59 Å². The van der Waals surface area contributed by atoms with Gasteiger partial charge in [0.1, 0.15) is 5.75 Å². The van der Waals surface area contributed by atoms with Crippen LogP contribution < -0.4 is 10.1 Å². The van der Waals surface area contributed by atoms with Gasteiger partial charge in [-0.05, 0) is 38.3 Å². The molecule has 128 valence electrons. The highest BCUT2D eigenvalue weighted by molar-refractivity contribution is 5.90. The number of carbonyl (C=O) groups excluding carboxylic acids is 2. The molecule has 0 saturated heterocycles. The van der Waals surface area contributed by atoms with Crippen LogP contribution in [0.5, 0.6) is 5.75 Å². The number of amides is 2. The predicted octanol–water partition coefficient (Wildman–Crippen LogP) is 3.31. The fourth-order valence-corrected chi connectivity index (χ4v) is 2.12. The molecule has 2 amide bonds. The topological polar surface area (TPSA) is 58.6 Å². The van der Waals surface area contributed by atoms with Gasteiger partial charge in [-0.15, -0.1) is 0 Å². The summed E-state index contributed by atoms with van der Waals surface area (Å²) < 4.78 is 5.53. The van der Waals surface area contributed by atoms with Gasteiger partial charge in [0.05, 0.1) is 0 Å². The first-order valence-corrected chi connectivity index (χ1v) is 8.26. The van der Waals surface area contributed by atoms with Crippen molar-refractivity contribution in [3.63, 3.8) is 0 Å². The van der Waals surface area contributed by atoms with Gasteiger partial charge in [-0.25, -0.2) is 0 Å². The molecule has 1 rings (SSSR count). The lowest BCUT2D eigenvalue weighted by Gasteiger charge is -2.18. The van der Waals surface area contributed by atoms with Crippen LogP contribution in [-0.2, 0) is 9.59 Å². The van der Waals surface area contributed by atoms with Crippen molar-refractivity contribution < 1.29 is 14.3 Å². The van der Waals surface area contributed by atoms with Crippen LogP contribution in [0.1, 0.15) is 40.5 Å². The van der Waals surface area contributed by atoms with E-state index in [1.807, 2.05) is 19.9 Å². The number of rotatable bonds is 9. The molecule has 5 nitrogen and oxygen atoms in total. The summed E-state index contributed by atoms with van der Waals surface area (Å²) in [5.41, 5.74) is 0.687. The van der Waals surface area contributed by atoms with Crippen LogP contribution in [0.4, 0.5) is 5.69 Å². The molecule has 0 spiro atoms. The Hall–Kier alpha value is -2.04. The molecule has 1 N–H and O–H groups in total. The van der Waals surface area contributed by atoms with Crippen molar-refractivity contribution in [1.29, 1.82) is 0 Å². The number of ether oxygens (including phenoxy) is 1. The Kier molecular flexibility index (Phi) is 8.16. The second kappa shape index (κ2) is 9.87. The molecule has 1 aromatic rings. The standard InChI is InChI=1S/C18H28N2O3/c1-5-20(6-2)18(22)13-23-16-9-7-8-15(12-16)19-17(21)11-10-14(3)4/h7-9,12,14H,5-6,10-11,13H2,1-4H3,(H,19,21). The Morgan fingerprint density at radius 2 is 1.91 bits per heavy atom. The third-order valence-electron chi connectivity index (χ3n) is 3.55. The van der Waals surface area contributed by atoms with Crippen molar-refractivity contribution in [2.24, 2.45) is 5.92 Å². The normalized spacial score (nSPS) is 10.5. The molecule has 23 heavy (non-hydrogen) atoms. The molecule has 0 aromatic heterocycles. The van der Waals surface area contributed by atoms with Gasteiger partial charge >= 0.3 is 0 Å². The van der Waals surface area contributed by atoms with E-state index in [0.717, 1.165) is 6.42 Å². The largest absolute Gasteiger partial charge is 0.484 e. The number of nitrogens with zero attached hydrogens (tertiary/aromatic N) is 1. The maximum absolute atomic E-state index is 11.9. The minimum atomic E-state index is -0.0404. The highest BCUT2D eigenvalue weighted by Crippen LogP contribution is 2.18. The monoisotopic (exact) mass is 320 g/mol. The van der Waals surface area contributed by atoms with Crippen molar-refractivity contribution >= 4 is 17.5 Å². The minimum absolute atomic E-state index is 0.00457. The third-order valence-corrected chi connectivity index (χ3v) is 3.55. The first-order valence-electron chi connectivity index (χ1n) is 8.26. The summed E-state index contributed by atoms with van der Waals surface area (Å²) in [5, 5.41) is 2.86. The maximum Gasteiger partial charge on any atom is 0.260 e. The summed E-state index contributed by atoms with van der Waals surface area (Å²) in [7, 11) is 0. The molecule has 1 aromatic carbocycles. The SMILES string of the molecule is CCN(CC)C(=O)COc1cccc(NC(=O)CCC(C)C)c1. The van der Waals surface area contributed by atoms with Crippen molar-refractivity contribution in [2.45, 2.75) is 40.5 Å². The van der Waals surface area contributed by atoms with Crippen LogP contribution in [0, 0.1) is 5.92 Å².